The fourth-order valence-electron chi connectivity index (χ4n) is 3.57. The molecule has 1 heterocycles. The Morgan fingerprint density at radius 3 is 2.64 bits per heavy atom. The summed E-state index contributed by atoms with van der Waals surface area (Å²) in [7, 11) is 3.41. The average molecular weight is 348 g/mol. The van der Waals surface area contributed by atoms with E-state index in [1.165, 1.54) is 0 Å². The number of carbonyl (C=O) groups excluding carboxylic acids is 1. The fourth-order valence-corrected chi connectivity index (χ4v) is 3.57. The predicted molar refractivity (Wildman–Crippen MR) is 99.9 cm³/mol. The number of rotatable bonds is 6. The van der Waals surface area contributed by atoms with Crippen molar-refractivity contribution in [2.75, 3.05) is 20.8 Å². The molecule has 0 saturated carbocycles. The number of piperidine rings is 1. The van der Waals surface area contributed by atoms with Gasteiger partial charge >= 0.3 is 6.03 Å². The zero-order valence-electron chi connectivity index (χ0n) is 16.1. The van der Waals surface area contributed by atoms with Crippen molar-refractivity contribution in [1.82, 2.24) is 10.2 Å². The number of nitrogens with one attached hydrogen (secondary N) is 1. The zero-order valence-corrected chi connectivity index (χ0v) is 16.1. The highest BCUT2D eigenvalue weighted by Gasteiger charge is 2.30. The van der Waals surface area contributed by atoms with Crippen LogP contribution in [0.3, 0.4) is 0 Å². The predicted octanol–water partition coefficient (Wildman–Crippen LogP) is 3.99. The van der Waals surface area contributed by atoms with Crippen LogP contribution in [0.4, 0.5) is 4.79 Å². The minimum Gasteiger partial charge on any atom is -0.496 e. The van der Waals surface area contributed by atoms with Crippen LogP contribution in [0.1, 0.15) is 51.6 Å². The Labute approximate surface area is 151 Å². The minimum atomic E-state index is -0.0593. The second-order valence-electron chi connectivity index (χ2n) is 7.30. The van der Waals surface area contributed by atoms with Crippen molar-refractivity contribution in [1.29, 1.82) is 0 Å². The zero-order chi connectivity index (χ0) is 18.4. The summed E-state index contributed by atoms with van der Waals surface area (Å²) in [5.41, 5.74) is 1.03. The summed E-state index contributed by atoms with van der Waals surface area (Å²) in [6.45, 7) is 7.15. The molecule has 0 aliphatic carbocycles. The van der Waals surface area contributed by atoms with Crippen LogP contribution >= 0.6 is 0 Å². The van der Waals surface area contributed by atoms with E-state index >= 15 is 0 Å². The van der Waals surface area contributed by atoms with Crippen LogP contribution in [0.2, 0.25) is 0 Å². The molecule has 1 aromatic carbocycles. The van der Waals surface area contributed by atoms with Gasteiger partial charge in [0.15, 0.2) is 0 Å². The van der Waals surface area contributed by atoms with Crippen molar-refractivity contribution in [3.05, 3.63) is 29.8 Å². The molecule has 5 nitrogen and oxygen atoms in total. The normalized spacial score (nSPS) is 21.9. The van der Waals surface area contributed by atoms with Crippen molar-refractivity contribution in [3.8, 4) is 5.75 Å². The third-order valence-electron chi connectivity index (χ3n) is 4.94. The Morgan fingerprint density at radius 2 is 2.04 bits per heavy atom. The molecule has 2 amide bonds. The van der Waals surface area contributed by atoms with Gasteiger partial charge in [-0.05, 0) is 38.2 Å². The lowest BCUT2D eigenvalue weighted by Crippen LogP contribution is -2.51. The van der Waals surface area contributed by atoms with Crippen molar-refractivity contribution in [3.63, 3.8) is 0 Å². The highest BCUT2D eigenvalue weighted by molar-refractivity contribution is 5.75. The minimum absolute atomic E-state index is 0.00129. The van der Waals surface area contributed by atoms with Gasteiger partial charge in [0.1, 0.15) is 5.75 Å². The van der Waals surface area contributed by atoms with E-state index in [1.54, 1.807) is 14.2 Å². The van der Waals surface area contributed by atoms with E-state index in [9.17, 15) is 4.79 Å². The molecule has 0 spiro atoms. The van der Waals surface area contributed by atoms with Gasteiger partial charge in [0, 0.05) is 25.3 Å². The van der Waals surface area contributed by atoms with Gasteiger partial charge in [0.2, 0.25) is 0 Å². The number of urea groups is 1. The quantitative estimate of drug-likeness (QED) is 0.845. The summed E-state index contributed by atoms with van der Waals surface area (Å²) in [4.78, 5) is 14.8. The first-order valence-electron chi connectivity index (χ1n) is 9.19. The lowest BCUT2D eigenvalue weighted by molar-refractivity contribution is 0.0288. The Kier molecular flexibility index (Phi) is 7.12. The molecule has 0 radical (unpaired) electrons. The maximum Gasteiger partial charge on any atom is 0.318 e. The lowest BCUT2D eigenvalue weighted by atomic mass is 9.96. The van der Waals surface area contributed by atoms with Gasteiger partial charge < -0.3 is 19.7 Å². The number of amides is 2. The second kappa shape index (κ2) is 9.09. The summed E-state index contributed by atoms with van der Waals surface area (Å²) in [6.07, 6.45) is 2.89. The number of para-hydroxylation sites is 1. The van der Waals surface area contributed by atoms with Gasteiger partial charge in [0.05, 0.1) is 19.3 Å². The van der Waals surface area contributed by atoms with E-state index < -0.39 is 0 Å². The van der Waals surface area contributed by atoms with E-state index in [0.717, 1.165) is 37.1 Å². The smallest absolute Gasteiger partial charge is 0.318 e. The molecule has 1 fully saturated rings. The molecule has 1 aromatic rings. The molecule has 1 saturated heterocycles. The highest BCUT2D eigenvalue weighted by Crippen LogP contribution is 2.30. The summed E-state index contributed by atoms with van der Waals surface area (Å²) in [5, 5.41) is 3.24. The molecule has 0 aromatic heterocycles. The monoisotopic (exact) mass is 348 g/mol. The number of hydrogen-bond acceptors (Lipinski definition) is 3. The Hall–Kier alpha value is -1.75. The van der Waals surface area contributed by atoms with Crippen molar-refractivity contribution >= 4 is 6.03 Å². The largest absolute Gasteiger partial charge is 0.496 e. The summed E-state index contributed by atoms with van der Waals surface area (Å²) in [6, 6.07) is 8.04. The molecule has 0 unspecified atom stereocenters. The maximum absolute atomic E-state index is 12.9. The van der Waals surface area contributed by atoms with E-state index in [4.69, 9.17) is 9.47 Å². The Bertz CT molecular complexity index is 562. The highest BCUT2D eigenvalue weighted by atomic mass is 16.5. The molecule has 25 heavy (non-hydrogen) atoms. The van der Waals surface area contributed by atoms with E-state index in [-0.39, 0.29) is 24.2 Å². The third kappa shape index (κ3) is 5.11. The summed E-state index contributed by atoms with van der Waals surface area (Å²) >= 11 is 0. The molecular formula is C20H32N2O3. The molecule has 140 valence electrons. The number of benzene rings is 1. The average Bonchev–Trinajstić information content (AvgIpc) is 2.60. The molecule has 1 aliphatic rings. The molecule has 2 rings (SSSR count). The van der Waals surface area contributed by atoms with E-state index in [1.807, 2.05) is 29.2 Å². The van der Waals surface area contributed by atoms with E-state index in [2.05, 4.69) is 26.1 Å². The van der Waals surface area contributed by atoms with Gasteiger partial charge in [-0.25, -0.2) is 4.79 Å². The fraction of sp³-hybridized carbons (Fsp3) is 0.650. The first-order valence-corrected chi connectivity index (χ1v) is 9.19. The standard InChI is InChI=1S/C20H32N2O3/c1-14(2)12-18(17-8-6-7-9-19(17)25-5)21-20(23)22-11-10-16(24-4)13-15(22)3/h6-9,14-16,18H,10-13H2,1-5H3,(H,21,23)/t15-,16+,18+/m1/s1. The van der Waals surface area contributed by atoms with E-state index in [0.29, 0.717) is 5.92 Å². The second-order valence-corrected chi connectivity index (χ2v) is 7.30. The number of nitrogens with zero attached hydrogens (tertiary/aromatic N) is 1. The lowest BCUT2D eigenvalue weighted by Gasteiger charge is -2.38. The van der Waals surface area contributed by atoms with Crippen LogP contribution in [0.5, 0.6) is 5.75 Å². The van der Waals surface area contributed by atoms with Crippen LogP contribution < -0.4 is 10.1 Å². The molecular weight excluding hydrogens is 316 g/mol. The number of methoxy groups -OCH3 is 2. The van der Waals surface area contributed by atoms with Gasteiger partial charge in [-0.1, -0.05) is 32.0 Å². The van der Waals surface area contributed by atoms with Gasteiger partial charge in [-0.2, -0.15) is 0 Å². The van der Waals surface area contributed by atoms with Gasteiger partial charge in [-0.3, -0.25) is 0 Å². The number of hydrogen-bond donors (Lipinski definition) is 1. The molecule has 1 aliphatic heterocycles. The van der Waals surface area contributed by atoms with Crippen LogP contribution in [0.25, 0.3) is 0 Å². The summed E-state index contributed by atoms with van der Waals surface area (Å²) in [5.74, 6) is 1.28. The van der Waals surface area contributed by atoms with Crippen molar-refractivity contribution in [2.24, 2.45) is 5.92 Å². The van der Waals surface area contributed by atoms with Crippen LogP contribution in [0, 0.1) is 5.92 Å². The van der Waals surface area contributed by atoms with Gasteiger partial charge in [0.25, 0.3) is 0 Å². The third-order valence-corrected chi connectivity index (χ3v) is 4.94. The van der Waals surface area contributed by atoms with Crippen molar-refractivity contribution in [2.45, 2.75) is 58.2 Å². The van der Waals surface area contributed by atoms with Crippen LogP contribution in [-0.4, -0.2) is 43.8 Å². The molecule has 3 atom stereocenters. The Morgan fingerprint density at radius 1 is 1.32 bits per heavy atom. The van der Waals surface area contributed by atoms with Crippen molar-refractivity contribution < 1.29 is 14.3 Å². The van der Waals surface area contributed by atoms with Crippen LogP contribution in [-0.2, 0) is 4.74 Å². The first kappa shape index (κ1) is 19.6. The molecule has 0 bridgehead atoms. The first-order chi connectivity index (χ1) is 12.0. The topological polar surface area (TPSA) is 50.8 Å². The van der Waals surface area contributed by atoms with Gasteiger partial charge in [-0.15, -0.1) is 0 Å². The Balaban J connectivity index is 2.13. The molecule has 1 N–H and O–H groups in total. The SMILES string of the molecule is COc1ccccc1[C@H](CC(C)C)NC(=O)N1CC[C@H](OC)C[C@H]1C. The number of likely N-dealkylation sites (tertiary alicyclic amines) is 1. The number of ether oxygens (including phenoxy) is 2. The maximum atomic E-state index is 12.9. The van der Waals surface area contributed by atoms with Crippen LogP contribution in [0.15, 0.2) is 24.3 Å². The summed E-state index contributed by atoms with van der Waals surface area (Å²) < 4.78 is 11.0. The molecule has 5 heteroatoms. The number of carbonyl (C=O) groups is 1.